The van der Waals surface area contributed by atoms with Crippen LogP contribution in [-0.2, 0) is 7.05 Å². The first-order chi connectivity index (χ1) is 11.5. The van der Waals surface area contributed by atoms with E-state index in [0.717, 1.165) is 10.1 Å². The lowest BCUT2D eigenvalue weighted by Gasteiger charge is -2.07. The third-order valence-corrected chi connectivity index (χ3v) is 4.91. The lowest BCUT2D eigenvalue weighted by molar-refractivity contribution is 0.101. The molecule has 8 heteroatoms. The quantitative estimate of drug-likeness (QED) is 0.724. The maximum atomic E-state index is 12.4. The van der Waals surface area contributed by atoms with E-state index in [4.69, 9.17) is 23.2 Å². The van der Waals surface area contributed by atoms with E-state index in [9.17, 15) is 4.79 Å². The summed E-state index contributed by atoms with van der Waals surface area (Å²) in [7, 11) is 1.68. The number of pyridine rings is 2. The van der Waals surface area contributed by atoms with Gasteiger partial charge in [0.05, 0.1) is 5.02 Å². The van der Waals surface area contributed by atoms with Gasteiger partial charge in [-0.3, -0.25) is 4.79 Å². The van der Waals surface area contributed by atoms with Crippen molar-refractivity contribution < 1.29 is 4.79 Å². The molecule has 0 spiro atoms. The third-order valence-electron chi connectivity index (χ3n) is 3.19. The zero-order valence-electron chi connectivity index (χ0n) is 12.5. The molecule has 0 aliphatic carbocycles. The molecular formula is C16H12Cl2N4OS. The maximum Gasteiger partial charge on any atom is 0.272 e. The van der Waals surface area contributed by atoms with Crippen LogP contribution in [0.15, 0.2) is 58.8 Å². The van der Waals surface area contributed by atoms with Crippen molar-refractivity contribution in [2.75, 3.05) is 5.32 Å². The number of aromatic nitrogens is 3. The zero-order chi connectivity index (χ0) is 17.1. The average molecular weight is 379 g/mol. The summed E-state index contributed by atoms with van der Waals surface area (Å²) in [6, 6.07) is 10.7. The first-order valence-electron chi connectivity index (χ1n) is 6.91. The molecule has 0 aliphatic heterocycles. The number of nitrogens with zero attached hydrogens (tertiary/aromatic N) is 3. The zero-order valence-corrected chi connectivity index (χ0v) is 14.9. The van der Waals surface area contributed by atoms with Crippen molar-refractivity contribution in [1.29, 1.82) is 0 Å². The summed E-state index contributed by atoms with van der Waals surface area (Å²) in [5.74, 6) is -0.300. The van der Waals surface area contributed by atoms with E-state index in [-0.39, 0.29) is 5.91 Å². The number of nitrogens with one attached hydrogen (secondary N) is 1. The fraction of sp³-hybridized carbons (Fsp3) is 0.0625. The molecule has 1 amide bonds. The molecule has 24 heavy (non-hydrogen) atoms. The number of halogens is 2. The highest BCUT2D eigenvalue weighted by atomic mass is 35.5. The molecule has 0 radical (unpaired) electrons. The number of carbonyl (C=O) groups excluding carboxylic acids is 1. The monoisotopic (exact) mass is 378 g/mol. The van der Waals surface area contributed by atoms with Crippen molar-refractivity contribution in [3.8, 4) is 0 Å². The van der Waals surface area contributed by atoms with Crippen LogP contribution in [-0.4, -0.2) is 20.4 Å². The van der Waals surface area contributed by atoms with Crippen LogP contribution in [0.5, 0.6) is 0 Å². The molecule has 0 saturated carbocycles. The minimum atomic E-state index is -0.300. The second-order valence-electron chi connectivity index (χ2n) is 4.83. The van der Waals surface area contributed by atoms with Crippen LogP contribution < -0.4 is 5.32 Å². The molecule has 0 unspecified atom stereocenters. The molecule has 0 bridgehead atoms. The number of hydrogen-bond donors (Lipinski definition) is 1. The topological polar surface area (TPSA) is 59.8 Å². The Labute approximate surface area is 153 Å². The van der Waals surface area contributed by atoms with Crippen molar-refractivity contribution in [3.63, 3.8) is 0 Å². The summed E-state index contributed by atoms with van der Waals surface area (Å²) in [4.78, 5) is 20.9. The van der Waals surface area contributed by atoms with Gasteiger partial charge in [-0.25, -0.2) is 9.97 Å². The molecule has 0 fully saturated rings. The molecule has 5 nitrogen and oxygen atoms in total. The highest BCUT2D eigenvalue weighted by Gasteiger charge is 2.16. The van der Waals surface area contributed by atoms with Gasteiger partial charge >= 0.3 is 0 Å². The average Bonchev–Trinajstić information content (AvgIpc) is 2.84. The van der Waals surface area contributed by atoms with Crippen LogP contribution >= 0.6 is 35.0 Å². The normalized spacial score (nSPS) is 10.6. The standard InChI is InChI=1S/C16H12Cl2N4OS/c1-22-12(9-11(17)15(22)18)16(23)21-10-5-7-20-14(8-10)24-13-4-2-3-6-19-13/h2-9H,1H3,(H,20,21,23). The molecule has 122 valence electrons. The van der Waals surface area contributed by atoms with E-state index in [1.54, 1.807) is 31.6 Å². The van der Waals surface area contributed by atoms with Gasteiger partial charge in [-0.1, -0.05) is 41.0 Å². The van der Waals surface area contributed by atoms with Crippen molar-refractivity contribution in [2.45, 2.75) is 10.1 Å². The SMILES string of the molecule is Cn1c(C(=O)Nc2ccnc(Sc3ccccn3)c2)cc(Cl)c1Cl. The van der Waals surface area contributed by atoms with Crippen molar-refractivity contribution in [1.82, 2.24) is 14.5 Å². The smallest absolute Gasteiger partial charge is 0.272 e. The van der Waals surface area contributed by atoms with Gasteiger partial charge in [0.2, 0.25) is 0 Å². The van der Waals surface area contributed by atoms with Gasteiger partial charge in [-0.05, 0) is 30.3 Å². The summed E-state index contributed by atoms with van der Waals surface area (Å²) in [6.45, 7) is 0. The number of rotatable bonds is 4. The van der Waals surface area contributed by atoms with E-state index in [1.807, 2.05) is 18.2 Å². The number of anilines is 1. The van der Waals surface area contributed by atoms with Gasteiger partial charge in [-0.2, -0.15) is 0 Å². The van der Waals surface area contributed by atoms with E-state index < -0.39 is 0 Å². The summed E-state index contributed by atoms with van der Waals surface area (Å²) < 4.78 is 1.53. The Morgan fingerprint density at radius 1 is 1.12 bits per heavy atom. The Hall–Kier alpha value is -2.02. The van der Waals surface area contributed by atoms with Crippen molar-refractivity contribution >= 4 is 46.6 Å². The summed E-state index contributed by atoms with van der Waals surface area (Å²) >= 11 is 13.3. The predicted octanol–water partition coefficient (Wildman–Crippen LogP) is 4.53. The number of carbonyl (C=O) groups is 1. The van der Waals surface area contributed by atoms with Crippen LogP contribution in [0.25, 0.3) is 0 Å². The second kappa shape index (κ2) is 7.25. The van der Waals surface area contributed by atoms with E-state index in [2.05, 4.69) is 15.3 Å². The van der Waals surface area contributed by atoms with E-state index in [1.165, 1.54) is 22.4 Å². The van der Waals surface area contributed by atoms with Gasteiger partial charge in [0.1, 0.15) is 20.9 Å². The predicted molar refractivity (Wildman–Crippen MR) is 96.0 cm³/mol. The molecule has 3 aromatic heterocycles. The molecule has 1 N–H and O–H groups in total. The lowest BCUT2D eigenvalue weighted by atomic mass is 10.3. The highest BCUT2D eigenvalue weighted by molar-refractivity contribution is 7.99. The minimum absolute atomic E-state index is 0.300. The van der Waals surface area contributed by atoms with E-state index in [0.29, 0.717) is 21.6 Å². The first-order valence-corrected chi connectivity index (χ1v) is 8.49. The second-order valence-corrected chi connectivity index (χ2v) is 6.64. The van der Waals surface area contributed by atoms with Crippen molar-refractivity contribution in [2.24, 2.45) is 7.05 Å². The molecular weight excluding hydrogens is 367 g/mol. The first kappa shape index (κ1) is 16.8. The van der Waals surface area contributed by atoms with Crippen LogP contribution in [0.4, 0.5) is 5.69 Å². The number of hydrogen-bond acceptors (Lipinski definition) is 4. The highest BCUT2D eigenvalue weighted by Crippen LogP contribution is 2.27. The van der Waals surface area contributed by atoms with Gasteiger partial charge in [0.15, 0.2) is 0 Å². The van der Waals surface area contributed by atoms with Gasteiger partial charge in [0.25, 0.3) is 5.91 Å². The molecule has 0 saturated heterocycles. The molecule has 0 atom stereocenters. The van der Waals surface area contributed by atoms with Crippen molar-refractivity contribution in [3.05, 3.63) is 64.7 Å². The summed E-state index contributed by atoms with van der Waals surface area (Å²) in [5, 5.41) is 5.03. The van der Waals surface area contributed by atoms with Crippen LogP contribution in [0, 0.1) is 0 Å². The molecule has 0 aliphatic rings. The Balaban J connectivity index is 1.77. The maximum absolute atomic E-state index is 12.4. The van der Waals surface area contributed by atoms with Gasteiger partial charge in [0, 0.05) is 25.1 Å². The Morgan fingerprint density at radius 2 is 1.92 bits per heavy atom. The molecule has 3 rings (SSSR count). The van der Waals surface area contributed by atoms with Crippen LogP contribution in [0.3, 0.4) is 0 Å². The van der Waals surface area contributed by atoms with Crippen LogP contribution in [0.1, 0.15) is 10.5 Å². The lowest BCUT2D eigenvalue weighted by Crippen LogP contribution is -2.15. The Morgan fingerprint density at radius 3 is 2.58 bits per heavy atom. The largest absolute Gasteiger partial charge is 0.329 e. The summed E-state index contributed by atoms with van der Waals surface area (Å²) in [6.07, 6.45) is 3.35. The number of amides is 1. The molecule has 3 heterocycles. The molecule has 0 aromatic carbocycles. The Kier molecular flexibility index (Phi) is 5.08. The minimum Gasteiger partial charge on any atom is -0.329 e. The fourth-order valence-electron chi connectivity index (χ4n) is 2.01. The van der Waals surface area contributed by atoms with Crippen LogP contribution in [0.2, 0.25) is 10.2 Å². The molecule has 3 aromatic rings. The summed E-state index contributed by atoms with van der Waals surface area (Å²) in [5.41, 5.74) is 1.00. The van der Waals surface area contributed by atoms with Gasteiger partial charge in [-0.15, -0.1) is 0 Å². The van der Waals surface area contributed by atoms with E-state index >= 15 is 0 Å². The Bertz CT molecular complexity index is 883. The fourth-order valence-corrected chi connectivity index (χ4v) is 3.16. The third kappa shape index (κ3) is 3.72. The van der Waals surface area contributed by atoms with Gasteiger partial charge < -0.3 is 9.88 Å².